The molecule has 9 heteroatoms. The predicted octanol–water partition coefficient (Wildman–Crippen LogP) is 2.07. The summed E-state index contributed by atoms with van der Waals surface area (Å²) in [6, 6.07) is 13.0. The third-order valence-electron chi connectivity index (χ3n) is 4.84. The SMILES string of the molecule is CC[C@@H](C)c1ccc(S(=O)(=O)NNC(=O)c2nn(C)c(=O)c3ccccc23)cc1. The molecular formula is C20H22N4O4S. The van der Waals surface area contributed by atoms with Gasteiger partial charge in [0.05, 0.1) is 10.3 Å². The van der Waals surface area contributed by atoms with Gasteiger partial charge in [-0.1, -0.05) is 44.2 Å². The lowest BCUT2D eigenvalue weighted by Crippen LogP contribution is -2.42. The first kappa shape index (κ1) is 20.7. The van der Waals surface area contributed by atoms with Crippen molar-refractivity contribution in [3.63, 3.8) is 0 Å². The van der Waals surface area contributed by atoms with Gasteiger partial charge in [-0.3, -0.25) is 15.0 Å². The number of nitrogens with one attached hydrogen (secondary N) is 2. The van der Waals surface area contributed by atoms with Crippen LogP contribution >= 0.6 is 0 Å². The number of nitrogens with zero attached hydrogens (tertiary/aromatic N) is 2. The quantitative estimate of drug-likeness (QED) is 0.600. The fourth-order valence-electron chi connectivity index (χ4n) is 2.91. The molecule has 0 aliphatic rings. The second kappa shape index (κ2) is 8.14. The Morgan fingerprint density at radius 1 is 1.10 bits per heavy atom. The van der Waals surface area contributed by atoms with Crippen molar-refractivity contribution in [2.45, 2.75) is 31.1 Å². The fraction of sp³-hybridized carbons (Fsp3) is 0.250. The summed E-state index contributed by atoms with van der Waals surface area (Å²) in [5.41, 5.74) is 2.80. The smallest absolute Gasteiger partial charge is 0.272 e. The minimum atomic E-state index is -3.96. The summed E-state index contributed by atoms with van der Waals surface area (Å²) in [5, 5.41) is 4.63. The van der Waals surface area contributed by atoms with E-state index >= 15 is 0 Å². The summed E-state index contributed by atoms with van der Waals surface area (Å²) in [6.07, 6.45) is 0.945. The molecule has 0 fully saturated rings. The number of hydrogen-bond donors (Lipinski definition) is 2. The molecule has 0 aliphatic heterocycles. The van der Waals surface area contributed by atoms with Crippen molar-refractivity contribution < 1.29 is 13.2 Å². The molecule has 3 aromatic rings. The molecular weight excluding hydrogens is 392 g/mol. The number of rotatable bonds is 6. The molecule has 2 aromatic carbocycles. The van der Waals surface area contributed by atoms with Crippen molar-refractivity contribution in [2.75, 3.05) is 0 Å². The predicted molar refractivity (Wildman–Crippen MR) is 110 cm³/mol. The Morgan fingerprint density at radius 3 is 2.34 bits per heavy atom. The van der Waals surface area contributed by atoms with Crippen LogP contribution in [0.2, 0.25) is 0 Å². The highest BCUT2D eigenvalue weighted by molar-refractivity contribution is 7.89. The van der Waals surface area contributed by atoms with E-state index < -0.39 is 15.9 Å². The highest BCUT2D eigenvalue weighted by Gasteiger charge is 2.19. The topological polar surface area (TPSA) is 110 Å². The zero-order valence-corrected chi connectivity index (χ0v) is 17.2. The van der Waals surface area contributed by atoms with Crippen molar-refractivity contribution >= 4 is 26.7 Å². The molecule has 0 unspecified atom stereocenters. The van der Waals surface area contributed by atoms with Crippen LogP contribution in [0.4, 0.5) is 0 Å². The van der Waals surface area contributed by atoms with Gasteiger partial charge in [-0.25, -0.2) is 13.1 Å². The second-order valence-corrected chi connectivity index (χ2v) is 8.44. The number of fused-ring (bicyclic) bond motifs is 1. The first-order chi connectivity index (χ1) is 13.7. The molecule has 1 amide bonds. The maximum Gasteiger partial charge on any atom is 0.287 e. The number of hydrazine groups is 1. The van der Waals surface area contributed by atoms with Crippen molar-refractivity contribution in [3.8, 4) is 0 Å². The van der Waals surface area contributed by atoms with Gasteiger partial charge in [0.15, 0.2) is 5.69 Å². The number of sulfonamides is 1. The standard InChI is InChI=1S/C20H22N4O4S/c1-4-13(2)14-9-11-15(12-10-14)29(27,28)23-21-19(25)18-16-7-5-6-8-17(16)20(26)24(3)22-18/h5-13,23H,4H2,1-3H3,(H,21,25)/t13-/m1/s1. The Kier molecular flexibility index (Phi) is 5.81. The highest BCUT2D eigenvalue weighted by atomic mass is 32.2. The van der Waals surface area contributed by atoms with Crippen LogP contribution in [0.25, 0.3) is 10.8 Å². The number of hydrogen-bond acceptors (Lipinski definition) is 5. The lowest BCUT2D eigenvalue weighted by atomic mass is 9.99. The molecule has 0 radical (unpaired) electrons. The van der Waals surface area contributed by atoms with Crippen LogP contribution in [0.1, 0.15) is 42.2 Å². The molecule has 2 N–H and O–H groups in total. The number of aryl methyl sites for hydroxylation is 1. The fourth-order valence-corrected chi connectivity index (χ4v) is 3.75. The monoisotopic (exact) mass is 414 g/mol. The van der Waals surface area contributed by atoms with Gasteiger partial charge >= 0.3 is 0 Å². The highest BCUT2D eigenvalue weighted by Crippen LogP contribution is 2.20. The van der Waals surface area contributed by atoms with E-state index in [1.807, 2.05) is 0 Å². The lowest BCUT2D eigenvalue weighted by molar-refractivity contribution is 0.0940. The van der Waals surface area contributed by atoms with E-state index in [4.69, 9.17) is 0 Å². The summed E-state index contributed by atoms with van der Waals surface area (Å²) in [6.45, 7) is 4.12. The van der Waals surface area contributed by atoms with E-state index in [9.17, 15) is 18.0 Å². The van der Waals surface area contributed by atoms with Crippen LogP contribution in [0.5, 0.6) is 0 Å². The van der Waals surface area contributed by atoms with Gasteiger partial charge in [0, 0.05) is 12.4 Å². The first-order valence-corrected chi connectivity index (χ1v) is 10.6. The van der Waals surface area contributed by atoms with Gasteiger partial charge in [0.25, 0.3) is 21.5 Å². The van der Waals surface area contributed by atoms with Gasteiger partial charge in [-0.15, -0.1) is 4.83 Å². The number of benzene rings is 2. The Labute approximate surface area is 168 Å². The number of aromatic nitrogens is 2. The molecule has 1 atom stereocenters. The van der Waals surface area contributed by atoms with Crippen LogP contribution < -0.4 is 15.8 Å². The molecule has 152 valence electrons. The normalized spacial score (nSPS) is 12.7. The Morgan fingerprint density at radius 2 is 1.72 bits per heavy atom. The van der Waals surface area contributed by atoms with Gasteiger partial charge in [0.1, 0.15) is 0 Å². The van der Waals surface area contributed by atoms with Gasteiger partial charge < -0.3 is 0 Å². The van der Waals surface area contributed by atoms with Crippen molar-refractivity contribution in [2.24, 2.45) is 7.05 Å². The minimum Gasteiger partial charge on any atom is -0.272 e. The minimum absolute atomic E-state index is 0.0307. The summed E-state index contributed by atoms with van der Waals surface area (Å²) in [7, 11) is -2.54. The molecule has 8 nitrogen and oxygen atoms in total. The van der Waals surface area contributed by atoms with Crippen molar-refractivity contribution in [1.29, 1.82) is 0 Å². The third-order valence-corrected chi connectivity index (χ3v) is 6.11. The van der Waals surface area contributed by atoms with Crippen LogP contribution in [0, 0.1) is 0 Å². The molecule has 3 rings (SSSR count). The van der Waals surface area contributed by atoms with E-state index in [1.54, 1.807) is 36.4 Å². The average Bonchev–Trinajstić information content (AvgIpc) is 2.74. The van der Waals surface area contributed by atoms with E-state index in [0.29, 0.717) is 16.7 Å². The molecule has 0 aliphatic carbocycles. The van der Waals surface area contributed by atoms with Crippen LogP contribution in [-0.4, -0.2) is 24.1 Å². The van der Waals surface area contributed by atoms with Crippen LogP contribution in [0.3, 0.4) is 0 Å². The zero-order chi connectivity index (χ0) is 21.2. The van der Waals surface area contributed by atoms with Crippen molar-refractivity contribution in [3.05, 3.63) is 70.1 Å². The van der Waals surface area contributed by atoms with E-state index in [-0.39, 0.29) is 16.1 Å². The van der Waals surface area contributed by atoms with Crippen molar-refractivity contribution in [1.82, 2.24) is 20.0 Å². The Hall–Kier alpha value is -3.04. The molecule has 0 spiro atoms. The van der Waals surface area contributed by atoms with Gasteiger partial charge in [-0.2, -0.15) is 5.10 Å². The van der Waals surface area contributed by atoms with E-state index in [1.165, 1.54) is 19.2 Å². The molecule has 1 aromatic heterocycles. The number of carbonyl (C=O) groups excluding carboxylic acids is 1. The Bertz CT molecular complexity index is 1220. The summed E-state index contributed by atoms with van der Waals surface area (Å²) in [5.74, 6) is -0.444. The summed E-state index contributed by atoms with van der Waals surface area (Å²) < 4.78 is 26.0. The Balaban J connectivity index is 1.83. The molecule has 0 bridgehead atoms. The third kappa shape index (κ3) is 4.20. The van der Waals surface area contributed by atoms with Gasteiger partial charge in [-0.05, 0) is 36.1 Å². The average molecular weight is 414 g/mol. The maximum atomic E-state index is 12.6. The van der Waals surface area contributed by atoms with E-state index in [2.05, 4.69) is 29.2 Å². The van der Waals surface area contributed by atoms with Gasteiger partial charge in [0.2, 0.25) is 0 Å². The van der Waals surface area contributed by atoms with E-state index in [0.717, 1.165) is 16.7 Å². The second-order valence-electron chi connectivity index (χ2n) is 6.76. The van der Waals surface area contributed by atoms with Crippen LogP contribution in [0.15, 0.2) is 58.2 Å². The zero-order valence-electron chi connectivity index (χ0n) is 16.3. The molecule has 1 heterocycles. The summed E-state index contributed by atoms with van der Waals surface area (Å²) >= 11 is 0. The molecule has 29 heavy (non-hydrogen) atoms. The maximum absolute atomic E-state index is 12.6. The largest absolute Gasteiger partial charge is 0.287 e. The molecule has 0 saturated heterocycles. The lowest BCUT2D eigenvalue weighted by Gasteiger charge is -2.12. The van der Waals surface area contributed by atoms with Crippen LogP contribution in [-0.2, 0) is 17.1 Å². The number of carbonyl (C=O) groups is 1. The number of amides is 1. The first-order valence-electron chi connectivity index (χ1n) is 9.12. The molecule has 0 saturated carbocycles. The summed E-state index contributed by atoms with van der Waals surface area (Å²) in [4.78, 5) is 26.8.